The number of para-hydroxylation sites is 1. The molecule has 24 heavy (non-hydrogen) atoms. The molecule has 7 nitrogen and oxygen atoms in total. The molecule has 0 radical (unpaired) electrons. The number of benzene rings is 1. The summed E-state index contributed by atoms with van der Waals surface area (Å²) in [4.78, 5) is 21.4. The van der Waals surface area contributed by atoms with Crippen molar-refractivity contribution in [3.05, 3.63) is 45.7 Å². The van der Waals surface area contributed by atoms with E-state index in [4.69, 9.17) is 11.6 Å². The van der Waals surface area contributed by atoms with Crippen molar-refractivity contribution in [2.45, 2.75) is 19.8 Å². The summed E-state index contributed by atoms with van der Waals surface area (Å²) in [5, 5.41) is 15.1. The Balaban J connectivity index is 1.99. The van der Waals surface area contributed by atoms with Crippen LogP contribution >= 0.6 is 11.6 Å². The van der Waals surface area contributed by atoms with Crippen molar-refractivity contribution in [2.75, 3.05) is 23.3 Å². The van der Waals surface area contributed by atoms with E-state index in [1.54, 1.807) is 24.3 Å². The number of nitro groups is 1. The first-order valence-corrected chi connectivity index (χ1v) is 8.20. The van der Waals surface area contributed by atoms with Crippen LogP contribution in [0.5, 0.6) is 0 Å². The van der Waals surface area contributed by atoms with Gasteiger partial charge >= 0.3 is 5.69 Å². The smallest absolute Gasteiger partial charge is 0.350 e. The minimum Gasteiger partial charge on any atom is -0.350 e. The van der Waals surface area contributed by atoms with Crippen molar-refractivity contribution in [1.29, 1.82) is 0 Å². The Labute approximate surface area is 144 Å². The summed E-state index contributed by atoms with van der Waals surface area (Å²) < 4.78 is 0. The van der Waals surface area contributed by atoms with Gasteiger partial charge in [-0.15, -0.1) is 0 Å². The van der Waals surface area contributed by atoms with Crippen LogP contribution in [0.3, 0.4) is 0 Å². The second-order valence-corrected chi connectivity index (χ2v) is 6.36. The largest absolute Gasteiger partial charge is 0.353 e. The number of hydrogen-bond donors (Lipinski definition) is 1. The monoisotopic (exact) mass is 347 g/mol. The molecule has 0 bridgehead atoms. The normalized spacial score (nSPS) is 17.6. The molecule has 1 aromatic carbocycles. The Hall–Kier alpha value is -2.41. The molecule has 8 heteroatoms. The third-order valence-electron chi connectivity index (χ3n) is 4.07. The molecule has 1 fully saturated rings. The summed E-state index contributed by atoms with van der Waals surface area (Å²) in [6.07, 6.45) is 3.47. The van der Waals surface area contributed by atoms with E-state index in [0.717, 1.165) is 25.9 Å². The van der Waals surface area contributed by atoms with E-state index >= 15 is 0 Å². The summed E-state index contributed by atoms with van der Waals surface area (Å²) in [5.41, 5.74) is 0.449. The molecule has 1 unspecified atom stereocenters. The summed E-state index contributed by atoms with van der Waals surface area (Å²) in [5.74, 6) is 0.987. The molecule has 1 aromatic heterocycles. The fraction of sp³-hybridized carbons (Fsp3) is 0.375. The zero-order chi connectivity index (χ0) is 17.1. The third kappa shape index (κ3) is 3.41. The highest BCUT2D eigenvalue weighted by atomic mass is 35.5. The molecule has 1 atom stereocenters. The van der Waals surface area contributed by atoms with Gasteiger partial charge in [-0.1, -0.05) is 30.7 Å². The third-order valence-corrected chi connectivity index (χ3v) is 4.40. The standard InChI is InChI=1S/C16H18ClN5O2/c1-11-5-4-8-21(9-11)16-14(22(23)24)15(18-10-19-16)20-13-7-3-2-6-12(13)17/h2-3,6-7,10-11H,4-5,8-9H2,1H3,(H,18,19,20). The molecule has 1 saturated heterocycles. The second-order valence-electron chi connectivity index (χ2n) is 5.95. The van der Waals surface area contributed by atoms with Gasteiger partial charge in [-0.05, 0) is 30.9 Å². The fourth-order valence-corrected chi connectivity index (χ4v) is 3.12. The Morgan fingerprint density at radius 1 is 1.38 bits per heavy atom. The van der Waals surface area contributed by atoms with Crippen molar-refractivity contribution >= 4 is 34.6 Å². The number of hydrogen-bond acceptors (Lipinski definition) is 6. The molecule has 0 spiro atoms. The molecule has 1 N–H and O–H groups in total. The molecular weight excluding hydrogens is 330 g/mol. The van der Waals surface area contributed by atoms with Crippen LogP contribution in [0, 0.1) is 16.0 Å². The summed E-state index contributed by atoms with van der Waals surface area (Å²) in [6, 6.07) is 7.05. The lowest BCUT2D eigenvalue weighted by molar-refractivity contribution is -0.383. The van der Waals surface area contributed by atoms with Gasteiger partial charge in [-0.3, -0.25) is 10.1 Å². The van der Waals surface area contributed by atoms with Gasteiger partial charge in [-0.2, -0.15) is 0 Å². The first kappa shape index (κ1) is 16.4. The summed E-state index contributed by atoms with van der Waals surface area (Å²) in [6.45, 7) is 3.65. The molecule has 2 heterocycles. The van der Waals surface area contributed by atoms with Crippen molar-refractivity contribution in [3.63, 3.8) is 0 Å². The molecule has 0 aliphatic carbocycles. The highest BCUT2D eigenvalue weighted by molar-refractivity contribution is 6.33. The van der Waals surface area contributed by atoms with Crippen LogP contribution in [0.4, 0.5) is 23.0 Å². The minimum absolute atomic E-state index is 0.119. The molecule has 1 aliphatic heterocycles. The molecule has 0 amide bonds. The van der Waals surface area contributed by atoms with Gasteiger partial charge in [0.25, 0.3) is 0 Å². The quantitative estimate of drug-likeness (QED) is 0.664. The topological polar surface area (TPSA) is 84.2 Å². The van der Waals surface area contributed by atoms with E-state index < -0.39 is 4.92 Å². The van der Waals surface area contributed by atoms with Gasteiger partial charge in [0.1, 0.15) is 6.33 Å². The Morgan fingerprint density at radius 2 is 2.17 bits per heavy atom. The van der Waals surface area contributed by atoms with Crippen LogP contribution in [-0.4, -0.2) is 28.0 Å². The lowest BCUT2D eigenvalue weighted by atomic mass is 10.0. The number of nitrogens with one attached hydrogen (secondary N) is 1. The van der Waals surface area contributed by atoms with Crippen molar-refractivity contribution in [2.24, 2.45) is 5.92 Å². The van der Waals surface area contributed by atoms with E-state index in [0.29, 0.717) is 22.4 Å². The molecule has 126 valence electrons. The van der Waals surface area contributed by atoms with Gasteiger partial charge in [0.2, 0.25) is 11.6 Å². The first-order valence-electron chi connectivity index (χ1n) is 7.82. The number of halogens is 1. The first-order chi connectivity index (χ1) is 11.6. The SMILES string of the molecule is CC1CCCN(c2ncnc(Nc3ccccc3Cl)c2[N+](=O)[O-])C1. The van der Waals surface area contributed by atoms with Crippen LogP contribution in [0.25, 0.3) is 0 Å². The second kappa shape index (κ2) is 7.00. The summed E-state index contributed by atoms with van der Waals surface area (Å²) in [7, 11) is 0. The Kier molecular flexibility index (Phi) is 4.80. The van der Waals surface area contributed by atoms with Gasteiger partial charge in [0, 0.05) is 13.1 Å². The van der Waals surface area contributed by atoms with Crippen molar-refractivity contribution in [3.8, 4) is 0 Å². The zero-order valence-electron chi connectivity index (χ0n) is 13.3. The van der Waals surface area contributed by atoms with E-state index in [9.17, 15) is 10.1 Å². The van der Waals surface area contributed by atoms with E-state index in [-0.39, 0.29) is 11.5 Å². The fourth-order valence-electron chi connectivity index (χ4n) is 2.93. The lowest BCUT2D eigenvalue weighted by Gasteiger charge is -2.31. The van der Waals surface area contributed by atoms with Gasteiger partial charge < -0.3 is 10.2 Å². The molecular formula is C16H18ClN5O2. The number of nitrogens with zero attached hydrogens (tertiary/aromatic N) is 4. The van der Waals surface area contributed by atoms with Crippen molar-refractivity contribution in [1.82, 2.24) is 9.97 Å². The maximum Gasteiger partial charge on any atom is 0.353 e. The predicted molar refractivity (Wildman–Crippen MR) is 94.0 cm³/mol. The van der Waals surface area contributed by atoms with E-state index in [1.165, 1.54) is 6.33 Å². The Bertz CT molecular complexity index is 755. The summed E-state index contributed by atoms with van der Waals surface area (Å²) >= 11 is 6.13. The average Bonchev–Trinajstić information content (AvgIpc) is 2.56. The molecule has 1 aliphatic rings. The van der Waals surface area contributed by atoms with E-state index in [1.807, 2.05) is 4.90 Å². The lowest BCUT2D eigenvalue weighted by Crippen LogP contribution is -2.35. The number of aromatic nitrogens is 2. The van der Waals surface area contributed by atoms with Gasteiger partial charge in [-0.25, -0.2) is 9.97 Å². The zero-order valence-corrected chi connectivity index (χ0v) is 14.0. The van der Waals surface area contributed by atoms with E-state index in [2.05, 4.69) is 22.2 Å². The highest BCUT2D eigenvalue weighted by Gasteiger charge is 2.29. The maximum absolute atomic E-state index is 11.7. The van der Waals surface area contributed by atoms with Gasteiger partial charge in [0.15, 0.2) is 0 Å². The number of piperidine rings is 1. The van der Waals surface area contributed by atoms with Crippen LogP contribution in [0.1, 0.15) is 19.8 Å². The minimum atomic E-state index is -0.437. The average molecular weight is 348 g/mol. The van der Waals surface area contributed by atoms with Crippen LogP contribution in [0.15, 0.2) is 30.6 Å². The number of anilines is 3. The van der Waals surface area contributed by atoms with Gasteiger partial charge in [0.05, 0.1) is 15.6 Å². The molecule has 0 saturated carbocycles. The number of rotatable bonds is 4. The van der Waals surface area contributed by atoms with Crippen LogP contribution < -0.4 is 10.2 Å². The Morgan fingerprint density at radius 3 is 2.88 bits per heavy atom. The maximum atomic E-state index is 11.7. The highest BCUT2D eigenvalue weighted by Crippen LogP contribution is 2.36. The van der Waals surface area contributed by atoms with Crippen LogP contribution in [-0.2, 0) is 0 Å². The van der Waals surface area contributed by atoms with Crippen molar-refractivity contribution < 1.29 is 4.92 Å². The molecule has 2 aromatic rings. The predicted octanol–water partition coefficient (Wildman–Crippen LogP) is 4.02. The van der Waals surface area contributed by atoms with Crippen LogP contribution in [0.2, 0.25) is 5.02 Å². The molecule has 3 rings (SSSR count).